The molecule has 5 nitrogen and oxygen atoms in total. The van der Waals surface area contributed by atoms with Crippen LogP contribution in [0.25, 0.3) is 0 Å². The average Bonchev–Trinajstić information content (AvgIpc) is 3.27. The Kier molecular flexibility index (Phi) is 5.62. The Bertz CT molecular complexity index is 1030. The van der Waals surface area contributed by atoms with Gasteiger partial charge < -0.3 is 15.0 Å². The molecule has 0 aliphatic carbocycles. The molecule has 0 saturated carbocycles. The van der Waals surface area contributed by atoms with Crippen LogP contribution in [-0.2, 0) is 17.8 Å². The monoisotopic (exact) mass is 406 g/mol. The molecular formula is C23H22N2O3S. The molecule has 29 heavy (non-hydrogen) atoms. The Morgan fingerprint density at radius 2 is 1.97 bits per heavy atom. The van der Waals surface area contributed by atoms with Crippen molar-refractivity contribution in [2.75, 3.05) is 18.5 Å². The molecule has 0 unspecified atom stereocenters. The number of para-hydroxylation sites is 1. The molecule has 0 spiro atoms. The highest BCUT2D eigenvalue weighted by atomic mass is 32.1. The number of fused-ring (bicyclic) bond motifs is 1. The van der Waals surface area contributed by atoms with Crippen LogP contribution in [0.5, 0.6) is 5.75 Å². The van der Waals surface area contributed by atoms with Gasteiger partial charge in [-0.25, -0.2) is 0 Å². The molecule has 0 atom stereocenters. The number of benzene rings is 2. The molecule has 0 saturated heterocycles. The lowest BCUT2D eigenvalue weighted by atomic mass is 9.99. The first-order chi connectivity index (χ1) is 14.1. The minimum absolute atomic E-state index is 0.0507. The predicted molar refractivity (Wildman–Crippen MR) is 115 cm³/mol. The summed E-state index contributed by atoms with van der Waals surface area (Å²) in [5.74, 6) is 0.554. The van der Waals surface area contributed by atoms with E-state index in [9.17, 15) is 9.59 Å². The fraction of sp³-hybridized carbons (Fsp3) is 0.217. The molecule has 2 aromatic carbocycles. The van der Waals surface area contributed by atoms with Crippen LogP contribution in [0.3, 0.4) is 0 Å². The number of nitrogens with one attached hydrogen (secondary N) is 1. The number of nitrogens with zero attached hydrogens (tertiary/aromatic N) is 1. The number of aryl methyl sites for hydroxylation is 1. The molecule has 1 aliphatic rings. The Hall–Kier alpha value is -3.12. The summed E-state index contributed by atoms with van der Waals surface area (Å²) in [4.78, 5) is 27.5. The van der Waals surface area contributed by atoms with Crippen LogP contribution >= 0.6 is 11.3 Å². The zero-order chi connectivity index (χ0) is 20.2. The van der Waals surface area contributed by atoms with Crippen molar-refractivity contribution < 1.29 is 14.3 Å². The summed E-state index contributed by atoms with van der Waals surface area (Å²) in [7, 11) is 0. The van der Waals surface area contributed by atoms with Gasteiger partial charge in [-0.2, -0.15) is 0 Å². The second-order valence-corrected chi connectivity index (χ2v) is 7.99. The van der Waals surface area contributed by atoms with E-state index in [1.54, 1.807) is 0 Å². The number of ether oxygens (including phenoxy) is 1. The van der Waals surface area contributed by atoms with Gasteiger partial charge in [-0.3, -0.25) is 9.59 Å². The van der Waals surface area contributed by atoms with Crippen LogP contribution in [0, 0.1) is 6.92 Å². The van der Waals surface area contributed by atoms with Crippen molar-refractivity contribution in [3.05, 3.63) is 81.5 Å². The second-order valence-electron chi connectivity index (χ2n) is 7.04. The summed E-state index contributed by atoms with van der Waals surface area (Å²) in [6, 6.07) is 17.2. The van der Waals surface area contributed by atoms with E-state index < -0.39 is 0 Å². The summed E-state index contributed by atoms with van der Waals surface area (Å²) in [5, 5.41) is 4.80. The molecule has 2 amide bonds. The van der Waals surface area contributed by atoms with Crippen molar-refractivity contribution in [2.24, 2.45) is 0 Å². The third kappa shape index (κ3) is 4.49. The first-order valence-corrected chi connectivity index (χ1v) is 10.4. The number of thiophene rings is 1. The maximum atomic E-state index is 12.6. The van der Waals surface area contributed by atoms with E-state index >= 15 is 0 Å². The first-order valence-electron chi connectivity index (χ1n) is 9.53. The summed E-state index contributed by atoms with van der Waals surface area (Å²) in [6.07, 6.45) is 0.817. The summed E-state index contributed by atoms with van der Waals surface area (Å²) in [5.41, 5.74) is 3.99. The van der Waals surface area contributed by atoms with Gasteiger partial charge in [0.2, 0.25) is 0 Å². The maximum absolute atomic E-state index is 12.6. The zero-order valence-electron chi connectivity index (χ0n) is 16.2. The number of anilines is 1. The third-order valence-corrected chi connectivity index (χ3v) is 5.83. The van der Waals surface area contributed by atoms with Gasteiger partial charge >= 0.3 is 0 Å². The number of hydrogen-bond donors (Lipinski definition) is 1. The summed E-state index contributed by atoms with van der Waals surface area (Å²) >= 11 is 1.46. The number of rotatable bonds is 5. The molecule has 1 aromatic heterocycles. The van der Waals surface area contributed by atoms with Gasteiger partial charge in [-0.1, -0.05) is 30.3 Å². The van der Waals surface area contributed by atoms with E-state index in [0.717, 1.165) is 22.4 Å². The van der Waals surface area contributed by atoms with Crippen molar-refractivity contribution in [1.82, 2.24) is 4.90 Å². The molecule has 3 aromatic rings. The maximum Gasteiger partial charge on any atom is 0.264 e. The number of carbonyl (C=O) groups excluding carboxylic acids is 2. The van der Waals surface area contributed by atoms with Gasteiger partial charge in [0.1, 0.15) is 5.75 Å². The Labute approximate surface area is 173 Å². The van der Waals surface area contributed by atoms with Gasteiger partial charge in [-0.15, -0.1) is 11.3 Å². The van der Waals surface area contributed by atoms with E-state index in [-0.39, 0.29) is 18.4 Å². The van der Waals surface area contributed by atoms with Crippen LogP contribution in [0.1, 0.15) is 26.4 Å². The number of carbonyl (C=O) groups is 2. The quantitative estimate of drug-likeness (QED) is 0.688. The van der Waals surface area contributed by atoms with Gasteiger partial charge in [0.05, 0.1) is 4.88 Å². The number of hydrogen-bond acceptors (Lipinski definition) is 4. The third-order valence-electron chi connectivity index (χ3n) is 4.97. The van der Waals surface area contributed by atoms with Gasteiger partial charge in [0, 0.05) is 18.8 Å². The van der Waals surface area contributed by atoms with Crippen molar-refractivity contribution >= 4 is 28.8 Å². The summed E-state index contributed by atoms with van der Waals surface area (Å²) in [6.45, 7) is 3.15. The SMILES string of the molecule is Cc1ccccc1OCC(=O)Nc1ccc2c(c1)CN(C(=O)c1cccs1)CC2. The van der Waals surface area contributed by atoms with Crippen LogP contribution < -0.4 is 10.1 Å². The fourth-order valence-corrected chi connectivity index (χ4v) is 4.11. The lowest BCUT2D eigenvalue weighted by Crippen LogP contribution is -2.35. The van der Waals surface area contributed by atoms with E-state index in [4.69, 9.17) is 4.74 Å². The number of amides is 2. The van der Waals surface area contributed by atoms with Crippen molar-refractivity contribution in [3.8, 4) is 5.75 Å². The first kappa shape index (κ1) is 19.2. The molecule has 4 rings (SSSR count). The van der Waals surface area contributed by atoms with Gasteiger partial charge in [-0.05, 0) is 59.7 Å². The Morgan fingerprint density at radius 3 is 2.76 bits per heavy atom. The van der Waals surface area contributed by atoms with E-state index in [0.29, 0.717) is 24.5 Å². The largest absolute Gasteiger partial charge is 0.483 e. The highest BCUT2D eigenvalue weighted by molar-refractivity contribution is 7.12. The normalized spacial score (nSPS) is 12.9. The molecular weight excluding hydrogens is 384 g/mol. The topological polar surface area (TPSA) is 58.6 Å². The molecule has 2 heterocycles. The highest BCUT2D eigenvalue weighted by Crippen LogP contribution is 2.25. The van der Waals surface area contributed by atoms with Crippen LogP contribution in [0.2, 0.25) is 0 Å². The molecule has 0 fully saturated rings. The highest BCUT2D eigenvalue weighted by Gasteiger charge is 2.22. The van der Waals surface area contributed by atoms with Gasteiger partial charge in [0.15, 0.2) is 6.61 Å². The lowest BCUT2D eigenvalue weighted by Gasteiger charge is -2.29. The van der Waals surface area contributed by atoms with E-state index in [1.807, 2.05) is 71.8 Å². The molecule has 6 heteroatoms. The minimum atomic E-state index is -0.212. The molecule has 0 bridgehead atoms. The smallest absolute Gasteiger partial charge is 0.264 e. The van der Waals surface area contributed by atoms with Crippen molar-refractivity contribution in [3.63, 3.8) is 0 Å². The lowest BCUT2D eigenvalue weighted by molar-refractivity contribution is -0.118. The van der Waals surface area contributed by atoms with Crippen LogP contribution in [-0.4, -0.2) is 29.9 Å². The Morgan fingerprint density at radius 1 is 1.10 bits per heavy atom. The standard InChI is InChI=1S/C23H22N2O3S/c1-16-5-2-3-6-20(16)28-15-22(26)24-19-9-8-17-10-11-25(14-18(17)13-19)23(27)21-7-4-12-29-21/h2-9,12-13H,10-11,14-15H2,1H3,(H,24,26). The van der Waals surface area contributed by atoms with Crippen LogP contribution in [0.4, 0.5) is 5.69 Å². The van der Waals surface area contributed by atoms with E-state index in [2.05, 4.69) is 5.32 Å². The average molecular weight is 407 g/mol. The molecule has 1 N–H and O–H groups in total. The van der Waals surface area contributed by atoms with Gasteiger partial charge in [0.25, 0.3) is 11.8 Å². The zero-order valence-corrected chi connectivity index (χ0v) is 17.0. The summed E-state index contributed by atoms with van der Waals surface area (Å²) < 4.78 is 5.61. The van der Waals surface area contributed by atoms with E-state index in [1.165, 1.54) is 16.9 Å². The van der Waals surface area contributed by atoms with Crippen molar-refractivity contribution in [2.45, 2.75) is 19.9 Å². The fourth-order valence-electron chi connectivity index (χ4n) is 3.42. The van der Waals surface area contributed by atoms with Crippen molar-refractivity contribution in [1.29, 1.82) is 0 Å². The molecule has 148 valence electrons. The second kappa shape index (κ2) is 8.49. The van der Waals surface area contributed by atoms with Crippen LogP contribution in [0.15, 0.2) is 60.0 Å². The molecule has 0 radical (unpaired) electrons. The predicted octanol–water partition coefficient (Wildman–Crippen LogP) is 4.27. The Balaban J connectivity index is 1.39. The minimum Gasteiger partial charge on any atom is -0.483 e. The molecule has 1 aliphatic heterocycles.